The van der Waals surface area contributed by atoms with E-state index in [4.69, 9.17) is 5.73 Å². The van der Waals surface area contributed by atoms with Gasteiger partial charge in [0.15, 0.2) is 0 Å². The molecule has 2 heterocycles. The van der Waals surface area contributed by atoms with Crippen molar-refractivity contribution in [2.24, 2.45) is 5.73 Å². The molecular weight excluding hydrogens is 383 g/mol. The molecular formula is C17H16F3N3O3S. The molecule has 0 spiro atoms. The number of amides is 2. The van der Waals surface area contributed by atoms with E-state index in [1.807, 2.05) is 0 Å². The predicted molar refractivity (Wildman–Crippen MR) is 91.9 cm³/mol. The Morgan fingerprint density at radius 3 is 2.63 bits per heavy atom. The van der Waals surface area contributed by atoms with Gasteiger partial charge in [0, 0.05) is 17.5 Å². The highest BCUT2D eigenvalue weighted by Gasteiger charge is 2.33. The molecule has 2 aromatic rings. The molecule has 1 aromatic carbocycles. The second kappa shape index (κ2) is 7.55. The van der Waals surface area contributed by atoms with Gasteiger partial charge in [-0.05, 0) is 37.1 Å². The van der Waals surface area contributed by atoms with Gasteiger partial charge in [-0.1, -0.05) is 0 Å². The molecule has 1 aliphatic heterocycles. The smallest absolute Gasteiger partial charge is 0.406 e. The summed E-state index contributed by atoms with van der Waals surface area (Å²) in [4.78, 5) is 29.7. The van der Waals surface area contributed by atoms with Gasteiger partial charge in [-0.2, -0.15) is 0 Å². The summed E-state index contributed by atoms with van der Waals surface area (Å²) in [6, 6.07) is 4.77. The van der Waals surface area contributed by atoms with Crippen LogP contribution in [0.5, 0.6) is 5.75 Å². The van der Waals surface area contributed by atoms with Crippen LogP contribution in [0.3, 0.4) is 0 Å². The Kier molecular flexibility index (Phi) is 5.36. The zero-order chi connectivity index (χ0) is 19.6. The number of thiazole rings is 1. The van der Waals surface area contributed by atoms with Gasteiger partial charge in [-0.25, -0.2) is 4.98 Å². The molecule has 1 fully saturated rings. The van der Waals surface area contributed by atoms with Crippen LogP contribution < -0.4 is 10.5 Å². The first kappa shape index (κ1) is 19.2. The van der Waals surface area contributed by atoms with Crippen molar-refractivity contribution >= 4 is 23.2 Å². The molecule has 3 rings (SSSR count). The number of nitrogens with two attached hydrogens (primary N) is 1. The molecule has 144 valence electrons. The minimum atomic E-state index is -4.74. The first-order valence-corrected chi connectivity index (χ1v) is 9.00. The zero-order valence-electron chi connectivity index (χ0n) is 14.0. The summed E-state index contributed by atoms with van der Waals surface area (Å²) in [5, 5.41) is 2.28. The number of ether oxygens (including phenoxy) is 1. The van der Waals surface area contributed by atoms with E-state index in [2.05, 4.69) is 9.72 Å². The Balaban J connectivity index is 1.66. The van der Waals surface area contributed by atoms with Gasteiger partial charge in [0.1, 0.15) is 16.8 Å². The fourth-order valence-electron chi connectivity index (χ4n) is 2.94. The van der Waals surface area contributed by atoms with Crippen LogP contribution >= 0.6 is 11.3 Å². The third-order valence-electron chi connectivity index (χ3n) is 4.12. The van der Waals surface area contributed by atoms with E-state index in [-0.39, 0.29) is 18.1 Å². The van der Waals surface area contributed by atoms with Gasteiger partial charge in [0.25, 0.3) is 0 Å². The molecule has 0 aliphatic carbocycles. The number of halogens is 3. The largest absolute Gasteiger partial charge is 0.573 e. The minimum absolute atomic E-state index is 0.0373. The number of hydrogen-bond acceptors (Lipinski definition) is 5. The van der Waals surface area contributed by atoms with Crippen LogP contribution in [-0.2, 0) is 16.0 Å². The van der Waals surface area contributed by atoms with E-state index >= 15 is 0 Å². The minimum Gasteiger partial charge on any atom is -0.406 e. The maximum Gasteiger partial charge on any atom is 0.573 e. The lowest BCUT2D eigenvalue weighted by molar-refractivity contribution is -0.274. The van der Waals surface area contributed by atoms with Crippen molar-refractivity contribution < 1.29 is 27.5 Å². The van der Waals surface area contributed by atoms with Gasteiger partial charge in [-0.3, -0.25) is 9.59 Å². The van der Waals surface area contributed by atoms with Crippen molar-refractivity contribution in [3.05, 3.63) is 35.3 Å². The van der Waals surface area contributed by atoms with E-state index in [1.165, 1.54) is 40.5 Å². The van der Waals surface area contributed by atoms with Crippen molar-refractivity contribution in [3.63, 3.8) is 0 Å². The van der Waals surface area contributed by atoms with E-state index in [1.54, 1.807) is 5.38 Å². The van der Waals surface area contributed by atoms with Crippen molar-refractivity contribution in [3.8, 4) is 16.3 Å². The highest BCUT2D eigenvalue weighted by molar-refractivity contribution is 7.13. The van der Waals surface area contributed by atoms with Gasteiger partial charge in [-0.15, -0.1) is 24.5 Å². The van der Waals surface area contributed by atoms with Crippen molar-refractivity contribution in [1.29, 1.82) is 0 Å². The van der Waals surface area contributed by atoms with E-state index in [9.17, 15) is 22.8 Å². The van der Waals surface area contributed by atoms with Gasteiger partial charge in [0.2, 0.25) is 11.8 Å². The molecule has 0 saturated carbocycles. The molecule has 1 aromatic heterocycles. The Bertz CT molecular complexity index is 836. The first-order chi connectivity index (χ1) is 12.7. The third kappa shape index (κ3) is 4.76. The number of likely N-dealkylation sites (tertiary alicyclic amines) is 1. The number of alkyl halides is 3. The van der Waals surface area contributed by atoms with Crippen LogP contribution in [0.15, 0.2) is 29.6 Å². The van der Waals surface area contributed by atoms with Crippen LogP contribution in [0.4, 0.5) is 13.2 Å². The lowest BCUT2D eigenvalue weighted by Crippen LogP contribution is -2.44. The summed E-state index contributed by atoms with van der Waals surface area (Å²) in [6.07, 6.45) is -3.41. The third-order valence-corrected chi connectivity index (χ3v) is 5.06. The van der Waals surface area contributed by atoms with Crippen molar-refractivity contribution in [1.82, 2.24) is 9.88 Å². The molecule has 10 heteroatoms. The Morgan fingerprint density at radius 2 is 2.00 bits per heavy atom. The number of aromatic nitrogens is 1. The number of hydrogen-bond donors (Lipinski definition) is 1. The molecule has 0 bridgehead atoms. The standard InChI is InChI=1S/C17H16F3N3O3S/c18-17(19,20)26-12-5-3-10(4-6-12)16-22-11(9-27-16)8-14(24)23-7-1-2-13(23)15(21)25/h3-6,9,13H,1-2,7-8H2,(H2,21,25)/t13-/m0/s1. The highest BCUT2D eigenvalue weighted by Crippen LogP contribution is 2.29. The van der Waals surface area contributed by atoms with Crippen LogP contribution in [0.2, 0.25) is 0 Å². The molecule has 0 unspecified atom stereocenters. The normalized spacial score (nSPS) is 17.1. The summed E-state index contributed by atoms with van der Waals surface area (Å²) in [5.41, 5.74) is 6.47. The fourth-order valence-corrected chi connectivity index (χ4v) is 3.76. The maximum atomic E-state index is 12.4. The summed E-state index contributed by atoms with van der Waals surface area (Å²) in [7, 11) is 0. The van der Waals surface area contributed by atoms with Crippen LogP contribution in [0.1, 0.15) is 18.5 Å². The average molecular weight is 399 g/mol. The molecule has 27 heavy (non-hydrogen) atoms. The SMILES string of the molecule is NC(=O)[C@@H]1CCCN1C(=O)Cc1csc(-c2ccc(OC(F)(F)F)cc2)n1. The zero-order valence-corrected chi connectivity index (χ0v) is 14.8. The molecule has 0 radical (unpaired) electrons. The van der Waals surface area contributed by atoms with E-state index < -0.39 is 18.3 Å². The highest BCUT2D eigenvalue weighted by atomic mass is 32.1. The Hall–Kier alpha value is -2.62. The molecule has 2 N–H and O–H groups in total. The molecule has 2 amide bonds. The van der Waals surface area contributed by atoms with E-state index in [0.29, 0.717) is 29.2 Å². The van der Waals surface area contributed by atoms with Crippen LogP contribution in [0.25, 0.3) is 10.6 Å². The summed E-state index contributed by atoms with van der Waals surface area (Å²) >= 11 is 1.28. The number of rotatable bonds is 5. The van der Waals surface area contributed by atoms with Gasteiger partial charge >= 0.3 is 6.36 Å². The van der Waals surface area contributed by atoms with Gasteiger partial charge < -0.3 is 15.4 Å². The second-order valence-electron chi connectivity index (χ2n) is 6.04. The van der Waals surface area contributed by atoms with E-state index in [0.717, 1.165) is 6.42 Å². The number of benzene rings is 1. The van der Waals surface area contributed by atoms with Crippen molar-refractivity contribution in [2.75, 3.05) is 6.54 Å². The summed E-state index contributed by atoms with van der Waals surface area (Å²) < 4.78 is 40.4. The number of carbonyl (C=O) groups excluding carboxylic acids is 2. The second-order valence-corrected chi connectivity index (χ2v) is 6.90. The molecule has 1 saturated heterocycles. The number of carbonyl (C=O) groups is 2. The van der Waals surface area contributed by atoms with Gasteiger partial charge in [0.05, 0.1) is 12.1 Å². The van der Waals surface area contributed by atoms with Crippen LogP contribution in [-0.4, -0.2) is 40.6 Å². The lowest BCUT2D eigenvalue weighted by atomic mass is 10.2. The Labute approximate surface area is 156 Å². The number of primary amides is 1. The monoisotopic (exact) mass is 399 g/mol. The van der Waals surface area contributed by atoms with Crippen LogP contribution in [0, 0.1) is 0 Å². The number of nitrogens with zero attached hydrogens (tertiary/aromatic N) is 2. The summed E-state index contributed by atoms with van der Waals surface area (Å²) in [5.74, 6) is -1.05. The first-order valence-electron chi connectivity index (χ1n) is 8.12. The fraction of sp³-hybridized carbons (Fsp3) is 0.353. The van der Waals surface area contributed by atoms with Crippen molar-refractivity contribution in [2.45, 2.75) is 31.7 Å². The topological polar surface area (TPSA) is 85.5 Å². The average Bonchev–Trinajstić information content (AvgIpc) is 3.23. The molecule has 1 atom stereocenters. The lowest BCUT2D eigenvalue weighted by Gasteiger charge is -2.21. The Morgan fingerprint density at radius 1 is 1.30 bits per heavy atom. The molecule has 6 nitrogen and oxygen atoms in total. The summed E-state index contributed by atoms with van der Waals surface area (Å²) in [6.45, 7) is 0.490. The predicted octanol–water partition coefficient (Wildman–Crippen LogP) is 2.73. The molecule has 1 aliphatic rings. The maximum absolute atomic E-state index is 12.4. The quantitative estimate of drug-likeness (QED) is 0.838.